The monoisotopic (exact) mass is 476 g/mol. The number of fused-ring (bicyclic) bond motifs is 2. The second-order valence-corrected chi connectivity index (χ2v) is 9.29. The summed E-state index contributed by atoms with van der Waals surface area (Å²) >= 11 is 0. The van der Waals surface area contributed by atoms with Crippen molar-refractivity contribution in [2.75, 3.05) is 18.5 Å². The van der Waals surface area contributed by atoms with Crippen molar-refractivity contribution in [2.45, 2.75) is 45.8 Å². The minimum atomic E-state index is -0.362. The average molecular weight is 477 g/mol. The summed E-state index contributed by atoms with van der Waals surface area (Å²) in [5.41, 5.74) is 3.13. The smallest absolute Gasteiger partial charge is 0.226 e. The average Bonchev–Trinajstić information content (AvgIpc) is 2.87. The van der Waals surface area contributed by atoms with Gasteiger partial charge < -0.3 is 19.7 Å². The highest BCUT2D eigenvalue weighted by molar-refractivity contribution is 5.77. The molecule has 0 unspecified atom stereocenters. The lowest BCUT2D eigenvalue weighted by atomic mass is 10.0. The molecule has 1 amide bonds. The minimum absolute atomic E-state index is 0.0158. The third-order valence-corrected chi connectivity index (χ3v) is 6.12. The van der Waals surface area contributed by atoms with Crippen LogP contribution in [0, 0.1) is 11.7 Å². The summed E-state index contributed by atoms with van der Waals surface area (Å²) in [4.78, 5) is 15.5. The predicted molar refractivity (Wildman–Crippen MR) is 136 cm³/mol. The number of para-hydroxylation sites is 2. The maximum atomic E-state index is 13.5. The van der Waals surface area contributed by atoms with E-state index in [-0.39, 0.29) is 30.8 Å². The van der Waals surface area contributed by atoms with Crippen LogP contribution in [-0.4, -0.2) is 30.1 Å². The van der Waals surface area contributed by atoms with E-state index >= 15 is 0 Å². The molecule has 1 heterocycles. The first-order valence-electron chi connectivity index (χ1n) is 12.2. The number of amides is 1. The molecule has 3 aromatic carbocycles. The molecule has 0 aromatic heterocycles. The van der Waals surface area contributed by atoms with Crippen molar-refractivity contribution in [1.82, 2.24) is 4.90 Å². The number of nitrogens with one attached hydrogen (secondary N) is 1. The van der Waals surface area contributed by atoms with Crippen LogP contribution in [0.15, 0.2) is 72.8 Å². The fourth-order valence-corrected chi connectivity index (χ4v) is 4.39. The number of rotatable bonds is 6. The van der Waals surface area contributed by atoms with Crippen LogP contribution in [0.25, 0.3) is 0 Å². The molecule has 1 N–H and O–H groups in total. The molecule has 1 aliphatic rings. The Hall–Kier alpha value is -3.54. The Balaban J connectivity index is 1.59. The molecule has 0 saturated carbocycles. The van der Waals surface area contributed by atoms with E-state index in [1.807, 2.05) is 41.3 Å². The molecule has 0 aliphatic carbocycles. The maximum Gasteiger partial charge on any atom is 0.226 e. The zero-order valence-electron chi connectivity index (χ0n) is 20.4. The van der Waals surface area contributed by atoms with Gasteiger partial charge in [0.2, 0.25) is 5.91 Å². The number of nitrogens with zero attached hydrogens (tertiary/aromatic N) is 1. The van der Waals surface area contributed by atoms with Crippen LogP contribution in [0.5, 0.6) is 11.5 Å². The van der Waals surface area contributed by atoms with Crippen molar-refractivity contribution in [1.29, 1.82) is 0 Å². The fourth-order valence-electron chi connectivity index (χ4n) is 4.39. The molecule has 184 valence electrons. The van der Waals surface area contributed by atoms with Gasteiger partial charge in [-0.1, -0.05) is 56.3 Å². The van der Waals surface area contributed by atoms with Crippen LogP contribution < -0.4 is 14.8 Å². The second-order valence-electron chi connectivity index (χ2n) is 9.29. The van der Waals surface area contributed by atoms with Crippen LogP contribution >= 0.6 is 0 Å². The molecule has 1 aliphatic heterocycles. The lowest BCUT2D eigenvalue weighted by molar-refractivity contribution is -0.136. The molecule has 5 nitrogen and oxygen atoms in total. The van der Waals surface area contributed by atoms with Gasteiger partial charge >= 0.3 is 0 Å². The summed E-state index contributed by atoms with van der Waals surface area (Å²) in [6.07, 6.45) is 1.01. The Bertz CT molecular complexity index is 1130. The summed E-state index contributed by atoms with van der Waals surface area (Å²) < 4.78 is 25.4. The molecule has 0 saturated heterocycles. The zero-order valence-corrected chi connectivity index (χ0v) is 20.4. The van der Waals surface area contributed by atoms with Crippen LogP contribution in [0.3, 0.4) is 0 Å². The van der Waals surface area contributed by atoms with Crippen LogP contribution in [0.2, 0.25) is 0 Å². The quantitative estimate of drug-likeness (QED) is 0.471. The van der Waals surface area contributed by atoms with Gasteiger partial charge in [0.1, 0.15) is 23.9 Å². The largest absolute Gasteiger partial charge is 0.493 e. The van der Waals surface area contributed by atoms with Crippen LogP contribution in [0.1, 0.15) is 37.8 Å². The number of hydrogen-bond donors (Lipinski definition) is 1. The normalized spacial score (nSPS) is 15.8. The molecule has 0 radical (unpaired) electrons. The van der Waals surface area contributed by atoms with Crippen LogP contribution in [-0.2, 0) is 17.9 Å². The molecular formula is C29H33FN2O3. The maximum absolute atomic E-state index is 13.5. The van der Waals surface area contributed by atoms with Gasteiger partial charge in [-0.15, -0.1) is 0 Å². The number of carbonyl (C=O) groups is 1. The number of benzene rings is 3. The number of ether oxygens (including phenoxy) is 2. The third kappa shape index (κ3) is 6.75. The Labute approximate surface area is 206 Å². The van der Waals surface area contributed by atoms with E-state index in [2.05, 4.69) is 31.3 Å². The highest BCUT2D eigenvalue weighted by Gasteiger charge is 2.27. The van der Waals surface area contributed by atoms with Gasteiger partial charge in [0.15, 0.2) is 0 Å². The molecule has 0 spiro atoms. The summed E-state index contributed by atoms with van der Waals surface area (Å²) in [7, 11) is 0. The first-order valence-corrected chi connectivity index (χ1v) is 12.2. The van der Waals surface area contributed by atoms with E-state index in [9.17, 15) is 9.18 Å². The van der Waals surface area contributed by atoms with Gasteiger partial charge in [0.25, 0.3) is 0 Å². The van der Waals surface area contributed by atoms with Crippen molar-refractivity contribution in [3.8, 4) is 11.5 Å². The lowest BCUT2D eigenvalue weighted by Gasteiger charge is -2.33. The SMILES string of the molecule is CC(C)C[C@H]1COc2ccccc2CNc2ccccc2CN1C(=O)CCOc1cccc(F)c1. The van der Waals surface area contributed by atoms with E-state index in [0.717, 1.165) is 29.0 Å². The number of halogens is 1. The van der Waals surface area contributed by atoms with Crippen molar-refractivity contribution < 1.29 is 18.7 Å². The lowest BCUT2D eigenvalue weighted by Crippen LogP contribution is -2.44. The fraction of sp³-hybridized carbons (Fsp3) is 0.345. The third-order valence-electron chi connectivity index (χ3n) is 6.12. The Morgan fingerprint density at radius 1 is 1.09 bits per heavy atom. The molecule has 6 heteroatoms. The summed E-state index contributed by atoms with van der Waals surface area (Å²) in [6, 6.07) is 22.0. The van der Waals surface area contributed by atoms with E-state index in [1.54, 1.807) is 12.1 Å². The Kier molecular flexibility index (Phi) is 8.24. The predicted octanol–water partition coefficient (Wildman–Crippen LogP) is 6.04. The highest BCUT2D eigenvalue weighted by atomic mass is 19.1. The van der Waals surface area contributed by atoms with Gasteiger partial charge in [-0.2, -0.15) is 0 Å². The molecule has 3 aromatic rings. The van der Waals surface area contributed by atoms with Crippen molar-refractivity contribution >= 4 is 11.6 Å². The molecule has 0 fully saturated rings. The summed E-state index contributed by atoms with van der Waals surface area (Å²) in [5.74, 6) is 1.26. The van der Waals surface area contributed by atoms with E-state index in [0.29, 0.717) is 31.4 Å². The number of anilines is 1. The minimum Gasteiger partial charge on any atom is -0.493 e. The van der Waals surface area contributed by atoms with Gasteiger partial charge in [-0.3, -0.25) is 4.79 Å². The Morgan fingerprint density at radius 3 is 2.66 bits per heavy atom. The van der Waals surface area contributed by atoms with E-state index < -0.39 is 0 Å². The standard InChI is InChI=1S/C29H33FN2O3/c1-21(2)16-25-20-35-28-13-6-4-8-22(28)18-31-27-12-5-3-9-23(27)19-32(25)29(33)14-15-34-26-11-7-10-24(30)17-26/h3-13,17,21,25,31H,14-16,18-20H2,1-2H3/t25-/m0/s1. The summed E-state index contributed by atoms with van der Waals surface area (Å²) in [6.45, 7) is 6.01. The van der Waals surface area contributed by atoms with Crippen molar-refractivity contribution in [3.05, 3.63) is 89.7 Å². The highest BCUT2D eigenvalue weighted by Crippen LogP contribution is 2.27. The van der Waals surface area contributed by atoms with E-state index in [4.69, 9.17) is 9.47 Å². The van der Waals surface area contributed by atoms with Gasteiger partial charge in [-0.05, 0) is 42.2 Å². The number of carbonyl (C=O) groups excluding carboxylic acids is 1. The molecule has 0 bridgehead atoms. The topological polar surface area (TPSA) is 50.8 Å². The molecule has 1 atom stereocenters. The van der Waals surface area contributed by atoms with Crippen molar-refractivity contribution in [2.24, 2.45) is 5.92 Å². The zero-order chi connectivity index (χ0) is 24.6. The van der Waals surface area contributed by atoms with Gasteiger partial charge in [0.05, 0.1) is 19.1 Å². The molecular weight excluding hydrogens is 443 g/mol. The van der Waals surface area contributed by atoms with Crippen molar-refractivity contribution in [3.63, 3.8) is 0 Å². The van der Waals surface area contributed by atoms with Gasteiger partial charge in [-0.25, -0.2) is 4.39 Å². The molecule has 35 heavy (non-hydrogen) atoms. The molecule has 4 rings (SSSR count). The van der Waals surface area contributed by atoms with Crippen LogP contribution in [0.4, 0.5) is 10.1 Å². The number of hydrogen-bond acceptors (Lipinski definition) is 4. The first-order chi connectivity index (χ1) is 17.0. The second kappa shape index (κ2) is 11.7. The van der Waals surface area contributed by atoms with E-state index in [1.165, 1.54) is 12.1 Å². The van der Waals surface area contributed by atoms with Gasteiger partial charge in [0, 0.05) is 30.4 Å². The summed E-state index contributed by atoms with van der Waals surface area (Å²) in [5, 5.41) is 3.52. The Morgan fingerprint density at radius 2 is 1.86 bits per heavy atom. The first kappa shape index (κ1) is 24.6.